The number of hydrogen-bond donors (Lipinski definition) is 5. The molecule has 44 heavy (non-hydrogen) atoms. The van der Waals surface area contributed by atoms with Crippen molar-refractivity contribution in [1.82, 2.24) is 4.90 Å². The molecule has 8 atom stereocenters. The van der Waals surface area contributed by atoms with Crippen molar-refractivity contribution in [2.75, 3.05) is 19.4 Å². The van der Waals surface area contributed by atoms with Crippen molar-refractivity contribution in [2.24, 2.45) is 29.4 Å². The molecular formula is C33H33N3O8. The first-order chi connectivity index (χ1) is 20.8. The maximum Gasteiger partial charge on any atom is 0.235 e. The van der Waals surface area contributed by atoms with Crippen LogP contribution in [0.1, 0.15) is 40.7 Å². The number of rotatable bonds is 5. The van der Waals surface area contributed by atoms with Crippen molar-refractivity contribution in [3.63, 3.8) is 0 Å². The summed E-state index contributed by atoms with van der Waals surface area (Å²) in [5.74, 6) is -13.5. The molecule has 2 unspecified atom stereocenters. The van der Waals surface area contributed by atoms with E-state index >= 15 is 0 Å². The van der Waals surface area contributed by atoms with Gasteiger partial charge in [-0.25, -0.2) is 0 Å². The fourth-order valence-corrected chi connectivity index (χ4v) is 7.71. The molecule has 228 valence electrons. The third kappa shape index (κ3) is 4.03. The summed E-state index contributed by atoms with van der Waals surface area (Å²) in [7, 11) is 2.91. The second-order valence-corrected chi connectivity index (χ2v) is 12.3. The van der Waals surface area contributed by atoms with Crippen molar-refractivity contribution in [2.45, 2.75) is 37.0 Å². The highest BCUT2D eigenvalue weighted by molar-refractivity contribution is 6.32. The molecule has 11 nitrogen and oxygen atoms in total. The fourth-order valence-electron chi connectivity index (χ4n) is 7.71. The lowest BCUT2D eigenvalue weighted by molar-refractivity contribution is -0.196. The summed E-state index contributed by atoms with van der Waals surface area (Å²) in [4.78, 5) is 68.5. The lowest BCUT2D eigenvalue weighted by Gasteiger charge is -2.56. The van der Waals surface area contributed by atoms with Crippen LogP contribution in [0.5, 0.6) is 5.75 Å². The Morgan fingerprint density at radius 3 is 2.36 bits per heavy atom. The van der Waals surface area contributed by atoms with Crippen molar-refractivity contribution in [3.05, 3.63) is 77.0 Å². The van der Waals surface area contributed by atoms with E-state index in [0.29, 0.717) is 17.7 Å². The van der Waals surface area contributed by atoms with Crippen molar-refractivity contribution in [1.29, 1.82) is 0 Å². The van der Waals surface area contributed by atoms with Gasteiger partial charge < -0.3 is 26.4 Å². The molecule has 0 bridgehead atoms. The standard InChI is InChI=1S/C33H33N3O8/c1-14-18-11-12-19(35-17-10-9-16(13-17)15-7-5-4-6-8-15)26(37)21(18)27(38)22-20(14)28(39)24-25(36(2)3)29(40)23(32(34)43)31(42)33(24,44)30(22)41/h4-8,10-14,20,22-25,28,35,37,39,44H,9H2,1-3H3,(H2,34,43)/t14-,20+,22?,23?,24+,25-,28-,33-/m1/s1. The SMILES string of the molecule is C[C@@H]1c2ccc(NC3=CCC(c4ccccc4)=C3)c(O)c2C(=O)C2C(=O)[C@@]3(O)C(=O)C(C(N)=O)C(=O)[C@H](N(C)C)[C@H]3[C@H](O)[C@H]21. The largest absolute Gasteiger partial charge is 0.505 e. The van der Waals surface area contributed by atoms with Gasteiger partial charge in [0.2, 0.25) is 5.91 Å². The van der Waals surface area contributed by atoms with Crippen LogP contribution < -0.4 is 11.1 Å². The molecule has 2 aromatic carbocycles. The number of amides is 1. The molecule has 2 aromatic rings. The van der Waals surface area contributed by atoms with E-state index in [-0.39, 0.29) is 11.3 Å². The van der Waals surface area contributed by atoms with Gasteiger partial charge in [-0.1, -0.05) is 49.4 Å². The van der Waals surface area contributed by atoms with E-state index in [4.69, 9.17) is 5.73 Å². The Balaban J connectivity index is 1.40. The summed E-state index contributed by atoms with van der Waals surface area (Å²) in [5.41, 5.74) is 5.55. The minimum Gasteiger partial charge on any atom is -0.505 e. The topological polar surface area (TPSA) is 187 Å². The first-order valence-electron chi connectivity index (χ1n) is 14.4. The van der Waals surface area contributed by atoms with Gasteiger partial charge in [-0.15, -0.1) is 0 Å². The Kier molecular flexibility index (Phi) is 6.95. The normalized spacial score (nSPS) is 32.9. The van der Waals surface area contributed by atoms with Gasteiger partial charge in [0.05, 0.1) is 35.2 Å². The second kappa shape index (κ2) is 10.3. The Bertz CT molecular complexity index is 1700. The zero-order chi connectivity index (χ0) is 31.8. The van der Waals surface area contributed by atoms with E-state index in [9.17, 15) is 39.3 Å². The van der Waals surface area contributed by atoms with Gasteiger partial charge in [0.25, 0.3) is 0 Å². The number of Topliss-reactive ketones (excluding diaryl/α,β-unsaturated/α-hetero) is 4. The van der Waals surface area contributed by atoms with E-state index in [0.717, 1.165) is 11.1 Å². The molecule has 0 radical (unpaired) electrons. The number of benzene rings is 2. The highest BCUT2D eigenvalue weighted by Gasteiger charge is 2.72. The van der Waals surface area contributed by atoms with Gasteiger partial charge in [0.1, 0.15) is 5.75 Å². The summed E-state index contributed by atoms with van der Waals surface area (Å²) in [6.45, 7) is 1.67. The van der Waals surface area contributed by atoms with Crippen LogP contribution >= 0.6 is 0 Å². The molecule has 6 rings (SSSR count). The molecule has 0 saturated heterocycles. The lowest BCUT2D eigenvalue weighted by atomic mass is 9.49. The van der Waals surface area contributed by atoms with Gasteiger partial charge in [0.15, 0.2) is 34.7 Å². The van der Waals surface area contributed by atoms with Crippen LogP contribution in [0.4, 0.5) is 5.69 Å². The number of aromatic hydroxyl groups is 1. The van der Waals surface area contributed by atoms with Crippen LogP contribution in [-0.2, 0) is 19.2 Å². The summed E-state index contributed by atoms with van der Waals surface area (Å²) < 4.78 is 0. The van der Waals surface area contributed by atoms with Gasteiger partial charge in [-0.3, -0.25) is 28.9 Å². The number of nitrogens with one attached hydrogen (secondary N) is 1. The molecule has 4 aliphatic carbocycles. The number of aliphatic hydroxyl groups is 2. The van der Waals surface area contributed by atoms with E-state index in [1.54, 1.807) is 19.1 Å². The summed E-state index contributed by atoms with van der Waals surface area (Å²) in [6.07, 6.45) is 2.84. The molecule has 4 aliphatic rings. The molecule has 2 saturated carbocycles. The van der Waals surface area contributed by atoms with Crippen molar-refractivity contribution < 1.29 is 39.3 Å². The average molecular weight is 600 g/mol. The molecule has 0 spiro atoms. The molecule has 6 N–H and O–H groups in total. The number of phenolic OH excluding ortho intramolecular Hbond substituents is 1. The number of likely N-dealkylation sites (N-methyl/N-ethyl adjacent to an activating group) is 1. The number of fused-ring (bicyclic) bond motifs is 3. The highest BCUT2D eigenvalue weighted by Crippen LogP contribution is 2.55. The molecular weight excluding hydrogens is 566 g/mol. The highest BCUT2D eigenvalue weighted by atomic mass is 16.3. The van der Waals surface area contributed by atoms with Crippen molar-refractivity contribution >= 4 is 40.3 Å². The predicted molar refractivity (Wildman–Crippen MR) is 158 cm³/mol. The van der Waals surface area contributed by atoms with E-state index < -0.39 is 82.1 Å². The fraction of sp³-hybridized carbons (Fsp3) is 0.364. The second-order valence-electron chi connectivity index (χ2n) is 12.3. The number of carbonyl (C=O) groups excluding carboxylic acids is 5. The summed E-state index contributed by atoms with van der Waals surface area (Å²) in [5, 5.41) is 38.0. The summed E-state index contributed by atoms with van der Waals surface area (Å²) in [6, 6.07) is 11.6. The van der Waals surface area contributed by atoms with Crippen LogP contribution in [0, 0.1) is 23.7 Å². The number of phenols is 1. The smallest absolute Gasteiger partial charge is 0.235 e. The number of carbonyl (C=O) groups is 5. The van der Waals surface area contributed by atoms with Crippen LogP contribution in [-0.4, -0.2) is 81.1 Å². The van der Waals surface area contributed by atoms with Gasteiger partial charge in [-0.2, -0.15) is 0 Å². The van der Waals surface area contributed by atoms with Gasteiger partial charge >= 0.3 is 0 Å². The van der Waals surface area contributed by atoms with E-state index in [1.807, 2.05) is 42.5 Å². The van der Waals surface area contributed by atoms with Crippen LogP contribution in [0.25, 0.3) is 5.57 Å². The van der Waals surface area contributed by atoms with Crippen LogP contribution in [0.3, 0.4) is 0 Å². The van der Waals surface area contributed by atoms with Gasteiger partial charge in [-0.05, 0) is 55.3 Å². The maximum atomic E-state index is 14.1. The Morgan fingerprint density at radius 1 is 1.05 bits per heavy atom. The average Bonchev–Trinajstić information content (AvgIpc) is 3.45. The van der Waals surface area contributed by atoms with Crippen LogP contribution in [0.2, 0.25) is 0 Å². The molecule has 0 heterocycles. The number of primary amides is 1. The quantitative estimate of drug-likeness (QED) is 0.247. The van der Waals surface area contributed by atoms with E-state index in [2.05, 4.69) is 5.32 Å². The molecule has 0 aliphatic heterocycles. The minimum absolute atomic E-state index is 0.160. The Morgan fingerprint density at radius 2 is 1.73 bits per heavy atom. The first kappa shape index (κ1) is 29.6. The maximum absolute atomic E-state index is 14.1. The predicted octanol–water partition coefficient (Wildman–Crippen LogP) is 1.18. The third-order valence-corrected chi connectivity index (χ3v) is 9.78. The van der Waals surface area contributed by atoms with E-state index in [1.165, 1.54) is 19.0 Å². The molecule has 2 fully saturated rings. The Labute approximate surface area is 253 Å². The first-order valence-corrected chi connectivity index (χ1v) is 14.4. The number of ketones is 4. The monoisotopic (exact) mass is 599 g/mol. The third-order valence-electron chi connectivity index (χ3n) is 9.78. The lowest BCUT2D eigenvalue weighted by Crippen LogP contribution is -2.77. The number of nitrogens with zero attached hydrogens (tertiary/aromatic N) is 1. The number of aliphatic hydroxyl groups excluding tert-OH is 1. The molecule has 1 amide bonds. The van der Waals surface area contributed by atoms with Crippen molar-refractivity contribution in [3.8, 4) is 5.75 Å². The zero-order valence-electron chi connectivity index (χ0n) is 24.4. The Hall–Kier alpha value is -4.45. The molecule has 0 aromatic heterocycles. The number of nitrogens with two attached hydrogens (primary N) is 1. The number of allylic oxidation sites excluding steroid dienone is 3. The number of anilines is 1. The summed E-state index contributed by atoms with van der Waals surface area (Å²) >= 11 is 0. The molecule has 11 heteroatoms. The number of hydrogen-bond acceptors (Lipinski definition) is 10. The van der Waals surface area contributed by atoms with Crippen LogP contribution in [0.15, 0.2) is 60.3 Å². The van der Waals surface area contributed by atoms with Gasteiger partial charge in [0, 0.05) is 11.6 Å². The minimum atomic E-state index is -3.03. The zero-order valence-corrected chi connectivity index (χ0v) is 24.4.